The molecular formula is C15H25N3O3. The normalized spacial score (nSPS) is 19.0. The average molecular weight is 295 g/mol. The van der Waals surface area contributed by atoms with E-state index in [1.54, 1.807) is 4.90 Å². The maximum atomic E-state index is 11.7. The maximum Gasteiger partial charge on any atom is 0.222 e. The van der Waals surface area contributed by atoms with Gasteiger partial charge in [0, 0.05) is 44.9 Å². The van der Waals surface area contributed by atoms with E-state index in [4.69, 9.17) is 0 Å². The number of hydrogen-bond donors (Lipinski definition) is 2. The van der Waals surface area contributed by atoms with Crippen molar-refractivity contribution in [2.24, 2.45) is 0 Å². The van der Waals surface area contributed by atoms with Crippen LogP contribution < -0.4 is 10.6 Å². The summed E-state index contributed by atoms with van der Waals surface area (Å²) in [5, 5.41) is 5.73. The van der Waals surface area contributed by atoms with E-state index >= 15 is 0 Å². The Morgan fingerprint density at radius 3 is 2.52 bits per heavy atom. The van der Waals surface area contributed by atoms with Crippen LogP contribution in [0.4, 0.5) is 0 Å². The molecule has 0 unspecified atom stereocenters. The van der Waals surface area contributed by atoms with E-state index in [0.717, 1.165) is 25.8 Å². The molecule has 2 aliphatic rings. The van der Waals surface area contributed by atoms with Crippen LogP contribution in [0.1, 0.15) is 51.4 Å². The smallest absolute Gasteiger partial charge is 0.222 e. The zero-order chi connectivity index (χ0) is 15.1. The van der Waals surface area contributed by atoms with Crippen molar-refractivity contribution in [1.29, 1.82) is 0 Å². The first-order valence-electron chi connectivity index (χ1n) is 7.99. The first-order chi connectivity index (χ1) is 10.1. The Morgan fingerprint density at radius 2 is 1.86 bits per heavy atom. The predicted molar refractivity (Wildman–Crippen MR) is 78.5 cm³/mol. The molecule has 0 spiro atoms. The molecule has 2 fully saturated rings. The van der Waals surface area contributed by atoms with Gasteiger partial charge in [0.15, 0.2) is 0 Å². The average Bonchev–Trinajstić information content (AvgIpc) is 3.08. The highest BCUT2D eigenvalue weighted by atomic mass is 16.2. The SMILES string of the molecule is O=C(CCN1CCCC1=O)NCCC(=O)NC1CCCC1. The van der Waals surface area contributed by atoms with Gasteiger partial charge < -0.3 is 15.5 Å². The lowest BCUT2D eigenvalue weighted by Crippen LogP contribution is -2.36. The summed E-state index contributed by atoms with van der Waals surface area (Å²) in [5.41, 5.74) is 0. The molecule has 0 bridgehead atoms. The third kappa shape index (κ3) is 5.36. The Kier molecular flexibility index (Phi) is 6.02. The molecule has 0 atom stereocenters. The lowest BCUT2D eigenvalue weighted by molar-refractivity contribution is -0.128. The van der Waals surface area contributed by atoms with Gasteiger partial charge in [0.2, 0.25) is 17.7 Å². The van der Waals surface area contributed by atoms with Gasteiger partial charge in [0.05, 0.1) is 0 Å². The van der Waals surface area contributed by atoms with Gasteiger partial charge in [-0.1, -0.05) is 12.8 Å². The highest BCUT2D eigenvalue weighted by Crippen LogP contribution is 2.17. The third-order valence-corrected chi connectivity index (χ3v) is 4.17. The first-order valence-corrected chi connectivity index (χ1v) is 7.99. The zero-order valence-corrected chi connectivity index (χ0v) is 12.5. The molecule has 1 aliphatic carbocycles. The van der Waals surface area contributed by atoms with Gasteiger partial charge in [0.25, 0.3) is 0 Å². The highest BCUT2D eigenvalue weighted by Gasteiger charge is 2.20. The molecule has 1 heterocycles. The quantitative estimate of drug-likeness (QED) is 0.720. The number of hydrogen-bond acceptors (Lipinski definition) is 3. The van der Waals surface area contributed by atoms with Crippen LogP contribution in [0.3, 0.4) is 0 Å². The van der Waals surface area contributed by atoms with Crippen molar-refractivity contribution in [2.75, 3.05) is 19.6 Å². The minimum absolute atomic E-state index is 0.0110. The summed E-state index contributed by atoms with van der Waals surface area (Å²) in [6, 6.07) is 0.328. The lowest BCUT2D eigenvalue weighted by Gasteiger charge is -2.15. The van der Waals surface area contributed by atoms with Crippen molar-refractivity contribution >= 4 is 17.7 Å². The molecule has 118 valence electrons. The summed E-state index contributed by atoms with van der Waals surface area (Å²) in [4.78, 5) is 36.5. The van der Waals surface area contributed by atoms with Crippen LogP contribution in [0.2, 0.25) is 0 Å². The standard InChI is InChI=1S/C15H25N3O3/c19-13(8-11-18-10-3-6-15(18)21)16-9-7-14(20)17-12-4-1-2-5-12/h12H,1-11H2,(H,16,19)(H,17,20). The number of rotatable bonds is 7. The van der Waals surface area contributed by atoms with E-state index in [9.17, 15) is 14.4 Å². The van der Waals surface area contributed by atoms with Crippen molar-refractivity contribution in [3.05, 3.63) is 0 Å². The summed E-state index contributed by atoms with van der Waals surface area (Å²) in [7, 11) is 0. The van der Waals surface area contributed by atoms with E-state index < -0.39 is 0 Å². The lowest BCUT2D eigenvalue weighted by atomic mass is 10.2. The number of carbonyl (C=O) groups is 3. The fourth-order valence-electron chi connectivity index (χ4n) is 2.95. The Hall–Kier alpha value is -1.59. The van der Waals surface area contributed by atoms with Gasteiger partial charge in [-0.2, -0.15) is 0 Å². The molecule has 2 rings (SSSR count). The van der Waals surface area contributed by atoms with E-state index in [1.165, 1.54) is 12.8 Å². The molecule has 0 radical (unpaired) electrons. The monoisotopic (exact) mass is 295 g/mol. The molecule has 2 N–H and O–H groups in total. The molecule has 0 aromatic rings. The first kappa shape index (κ1) is 15.8. The van der Waals surface area contributed by atoms with Gasteiger partial charge in [-0.25, -0.2) is 0 Å². The van der Waals surface area contributed by atoms with Crippen LogP contribution in [0.15, 0.2) is 0 Å². The molecule has 0 aromatic carbocycles. The number of carbonyl (C=O) groups excluding carboxylic acids is 3. The summed E-state index contributed by atoms with van der Waals surface area (Å²) < 4.78 is 0. The molecule has 0 aromatic heterocycles. The maximum absolute atomic E-state index is 11.7. The van der Waals surface area contributed by atoms with Crippen LogP contribution in [-0.4, -0.2) is 48.3 Å². The molecule has 1 saturated heterocycles. The summed E-state index contributed by atoms with van der Waals surface area (Å²) in [6.07, 6.45) is 6.66. The molecule has 21 heavy (non-hydrogen) atoms. The van der Waals surface area contributed by atoms with E-state index in [1.807, 2.05) is 0 Å². The number of amides is 3. The fraction of sp³-hybridized carbons (Fsp3) is 0.800. The van der Waals surface area contributed by atoms with Crippen LogP contribution >= 0.6 is 0 Å². The summed E-state index contributed by atoms with van der Waals surface area (Å²) in [5.74, 6) is 0.0547. The van der Waals surface area contributed by atoms with Crippen LogP contribution in [0.25, 0.3) is 0 Å². The predicted octanol–water partition coefficient (Wildman–Crippen LogP) is 0.564. The van der Waals surface area contributed by atoms with Gasteiger partial charge in [0.1, 0.15) is 0 Å². The summed E-state index contributed by atoms with van der Waals surface area (Å²) in [6.45, 7) is 1.61. The topological polar surface area (TPSA) is 78.5 Å². The van der Waals surface area contributed by atoms with Crippen LogP contribution in [0, 0.1) is 0 Å². The number of nitrogens with zero attached hydrogens (tertiary/aromatic N) is 1. The van der Waals surface area contributed by atoms with Crippen LogP contribution in [0.5, 0.6) is 0 Å². The Bertz CT molecular complexity index is 392. The number of likely N-dealkylation sites (tertiary alicyclic amines) is 1. The van der Waals surface area contributed by atoms with E-state index in [0.29, 0.717) is 38.4 Å². The van der Waals surface area contributed by atoms with Crippen molar-refractivity contribution in [2.45, 2.75) is 57.4 Å². The minimum atomic E-state index is -0.0941. The largest absolute Gasteiger partial charge is 0.356 e. The van der Waals surface area contributed by atoms with E-state index in [2.05, 4.69) is 10.6 Å². The van der Waals surface area contributed by atoms with Crippen molar-refractivity contribution in [3.8, 4) is 0 Å². The highest BCUT2D eigenvalue weighted by molar-refractivity contribution is 5.81. The second kappa shape index (κ2) is 8.00. The second-order valence-electron chi connectivity index (χ2n) is 5.88. The molecular weight excluding hydrogens is 270 g/mol. The van der Waals surface area contributed by atoms with Gasteiger partial charge in [-0.15, -0.1) is 0 Å². The van der Waals surface area contributed by atoms with Gasteiger partial charge in [-0.3, -0.25) is 14.4 Å². The van der Waals surface area contributed by atoms with Gasteiger partial charge in [-0.05, 0) is 19.3 Å². The van der Waals surface area contributed by atoms with Gasteiger partial charge >= 0.3 is 0 Å². The van der Waals surface area contributed by atoms with Crippen LogP contribution in [-0.2, 0) is 14.4 Å². The Labute approximate surface area is 125 Å². The molecule has 6 heteroatoms. The second-order valence-corrected chi connectivity index (χ2v) is 5.88. The molecule has 3 amide bonds. The van der Waals surface area contributed by atoms with Crippen molar-refractivity contribution in [1.82, 2.24) is 15.5 Å². The summed E-state index contributed by atoms with van der Waals surface area (Å²) >= 11 is 0. The fourth-order valence-corrected chi connectivity index (χ4v) is 2.95. The van der Waals surface area contributed by atoms with Crippen molar-refractivity contribution in [3.63, 3.8) is 0 Å². The van der Waals surface area contributed by atoms with Crippen molar-refractivity contribution < 1.29 is 14.4 Å². The Morgan fingerprint density at radius 1 is 1.10 bits per heavy atom. The zero-order valence-electron chi connectivity index (χ0n) is 12.5. The van der Waals surface area contributed by atoms with E-state index in [-0.39, 0.29) is 17.7 Å². The third-order valence-electron chi connectivity index (χ3n) is 4.17. The minimum Gasteiger partial charge on any atom is -0.356 e. The number of nitrogens with one attached hydrogen (secondary N) is 2. The Balaban J connectivity index is 1.52. The molecule has 1 saturated carbocycles. The molecule has 1 aliphatic heterocycles. The molecule has 6 nitrogen and oxygen atoms in total.